The number of Topliss-reactive ketones (excluding diaryl/α,β-unsaturated/α-hetero) is 2. The lowest BCUT2D eigenvalue weighted by Crippen LogP contribution is -2.45. The van der Waals surface area contributed by atoms with E-state index in [2.05, 4.69) is 69.5 Å². The lowest BCUT2D eigenvalue weighted by atomic mass is 9.63. The van der Waals surface area contributed by atoms with Crippen molar-refractivity contribution in [2.45, 2.75) is 72.3 Å². The van der Waals surface area contributed by atoms with Crippen LogP contribution in [-0.4, -0.2) is 43.8 Å². The normalized spacial score (nSPS) is 19.1. The summed E-state index contributed by atoms with van der Waals surface area (Å²) in [5.41, 5.74) is 6.02. The summed E-state index contributed by atoms with van der Waals surface area (Å²) >= 11 is 0. The number of rotatable bonds is 10. The highest BCUT2D eigenvalue weighted by molar-refractivity contribution is 6.07. The molecule has 0 N–H and O–H groups in total. The molecule has 0 aromatic heterocycles. The monoisotopic (exact) mass is 633 g/mol. The van der Waals surface area contributed by atoms with Crippen molar-refractivity contribution in [3.8, 4) is 11.5 Å². The minimum Gasteiger partial charge on any atom is -0.493 e. The predicted octanol–water partition coefficient (Wildman–Crippen LogP) is 8.49. The van der Waals surface area contributed by atoms with Gasteiger partial charge in [0.05, 0.1) is 13.7 Å². The van der Waals surface area contributed by atoms with Crippen LogP contribution < -0.4 is 9.47 Å². The van der Waals surface area contributed by atoms with Gasteiger partial charge in [-0.3, -0.25) is 9.59 Å². The summed E-state index contributed by atoms with van der Waals surface area (Å²) in [7, 11) is 3.34. The van der Waals surface area contributed by atoms with E-state index in [9.17, 15) is 9.59 Å². The molecule has 0 saturated heterocycles. The molecular weight excluding hydrogens is 586 g/mol. The van der Waals surface area contributed by atoms with Crippen LogP contribution in [0.1, 0.15) is 76.0 Å². The standard InChI is InChI=1S/C41H47NO5/c1-8-12-27-19-29(20-35(46-7)39(27)47-25-28-15-11-14-26-13-9-10-16-30(26)28)36-37-31(21-40(2,3)23-33(37)43)42(17-18-45-6)32-22-41(4,5)24-34(44)38(32)36/h8-11,13-16,19-20,36H,1,12,17-18,21-25H2,2-7H3. The molecule has 0 saturated carbocycles. The highest BCUT2D eigenvalue weighted by Gasteiger charge is 2.49. The number of hydrogen-bond donors (Lipinski definition) is 0. The summed E-state index contributed by atoms with van der Waals surface area (Å²) < 4.78 is 18.1. The van der Waals surface area contributed by atoms with E-state index in [0.29, 0.717) is 50.5 Å². The van der Waals surface area contributed by atoms with E-state index in [1.54, 1.807) is 14.2 Å². The zero-order valence-electron chi connectivity index (χ0n) is 28.7. The molecule has 0 atom stereocenters. The number of benzene rings is 3. The van der Waals surface area contributed by atoms with Crippen molar-refractivity contribution >= 4 is 22.3 Å². The number of ether oxygens (including phenoxy) is 3. The molecule has 1 heterocycles. The van der Waals surface area contributed by atoms with Gasteiger partial charge in [-0.05, 0) is 58.1 Å². The number of allylic oxidation sites excluding steroid dienone is 5. The quantitative estimate of drug-likeness (QED) is 0.209. The molecular formula is C41H47NO5. The van der Waals surface area contributed by atoms with E-state index in [4.69, 9.17) is 14.2 Å². The fourth-order valence-electron chi connectivity index (χ4n) is 7.87. The number of fused-ring (bicyclic) bond motifs is 1. The molecule has 3 aromatic carbocycles. The smallest absolute Gasteiger partial charge is 0.165 e. The molecule has 2 aliphatic carbocycles. The molecule has 6 rings (SSSR count). The zero-order chi connectivity index (χ0) is 33.5. The van der Waals surface area contributed by atoms with E-state index in [0.717, 1.165) is 62.8 Å². The Morgan fingerprint density at radius 2 is 1.49 bits per heavy atom. The molecule has 0 amide bonds. The summed E-state index contributed by atoms with van der Waals surface area (Å²) in [5.74, 6) is 0.965. The van der Waals surface area contributed by atoms with E-state index in [1.807, 2.05) is 30.3 Å². The summed E-state index contributed by atoms with van der Waals surface area (Å²) in [6, 6.07) is 18.6. The lowest BCUT2D eigenvalue weighted by molar-refractivity contribution is -0.119. The summed E-state index contributed by atoms with van der Waals surface area (Å²) in [6.07, 6.45) is 4.78. The van der Waals surface area contributed by atoms with Crippen molar-refractivity contribution in [1.29, 1.82) is 0 Å². The molecule has 3 aliphatic rings. The molecule has 6 heteroatoms. The molecule has 1 aliphatic heterocycles. The van der Waals surface area contributed by atoms with Crippen LogP contribution in [0, 0.1) is 10.8 Å². The Morgan fingerprint density at radius 1 is 0.851 bits per heavy atom. The van der Waals surface area contributed by atoms with Gasteiger partial charge in [-0.2, -0.15) is 0 Å². The van der Waals surface area contributed by atoms with Gasteiger partial charge in [0.2, 0.25) is 0 Å². The second kappa shape index (κ2) is 12.8. The molecule has 0 fully saturated rings. The maximum atomic E-state index is 14.2. The maximum absolute atomic E-state index is 14.2. The van der Waals surface area contributed by atoms with Crippen molar-refractivity contribution in [2.24, 2.45) is 10.8 Å². The van der Waals surface area contributed by atoms with Gasteiger partial charge >= 0.3 is 0 Å². The van der Waals surface area contributed by atoms with E-state index < -0.39 is 5.92 Å². The van der Waals surface area contributed by atoms with Crippen LogP contribution in [0.5, 0.6) is 11.5 Å². The number of methoxy groups -OCH3 is 2. The Hall–Kier alpha value is -4.16. The average molecular weight is 634 g/mol. The van der Waals surface area contributed by atoms with Crippen molar-refractivity contribution < 1.29 is 23.8 Å². The summed E-state index contributed by atoms with van der Waals surface area (Å²) in [5, 5.41) is 2.31. The maximum Gasteiger partial charge on any atom is 0.165 e. The van der Waals surface area contributed by atoms with Crippen molar-refractivity contribution in [3.05, 3.63) is 106 Å². The van der Waals surface area contributed by atoms with Crippen LogP contribution in [0.15, 0.2) is 89.8 Å². The Kier molecular flexibility index (Phi) is 8.92. The Bertz CT molecular complexity index is 1750. The molecule has 0 bridgehead atoms. The molecule has 6 nitrogen and oxygen atoms in total. The topological polar surface area (TPSA) is 65.1 Å². The first kappa shape index (κ1) is 32.8. The Balaban J connectivity index is 1.51. The van der Waals surface area contributed by atoms with Crippen molar-refractivity contribution in [3.63, 3.8) is 0 Å². The molecule has 47 heavy (non-hydrogen) atoms. The van der Waals surface area contributed by atoms with Crippen LogP contribution in [0.4, 0.5) is 0 Å². The highest BCUT2D eigenvalue weighted by Crippen LogP contribution is 2.55. The minimum absolute atomic E-state index is 0.105. The number of carbonyl (C=O) groups is 2. The third-order valence-corrected chi connectivity index (χ3v) is 9.86. The first-order valence-corrected chi connectivity index (χ1v) is 16.7. The first-order chi connectivity index (χ1) is 22.5. The molecule has 0 spiro atoms. The Morgan fingerprint density at radius 3 is 2.11 bits per heavy atom. The fraction of sp³-hybridized carbons (Fsp3) is 0.415. The van der Waals surface area contributed by atoms with Gasteiger partial charge in [0.25, 0.3) is 0 Å². The van der Waals surface area contributed by atoms with Gasteiger partial charge in [-0.1, -0.05) is 82.3 Å². The zero-order valence-corrected chi connectivity index (χ0v) is 28.7. The van der Waals surface area contributed by atoms with Gasteiger partial charge in [-0.15, -0.1) is 6.58 Å². The van der Waals surface area contributed by atoms with E-state index in [1.165, 1.54) is 0 Å². The first-order valence-electron chi connectivity index (χ1n) is 16.7. The predicted molar refractivity (Wildman–Crippen MR) is 187 cm³/mol. The number of hydrogen-bond acceptors (Lipinski definition) is 6. The number of ketones is 2. The van der Waals surface area contributed by atoms with Crippen LogP contribution in [0.3, 0.4) is 0 Å². The second-order valence-electron chi connectivity index (χ2n) is 14.8. The van der Waals surface area contributed by atoms with Crippen molar-refractivity contribution in [1.82, 2.24) is 4.90 Å². The molecule has 3 aromatic rings. The molecule has 246 valence electrons. The highest BCUT2D eigenvalue weighted by atomic mass is 16.5. The van der Waals surface area contributed by atoms with E-state index in [-0.39, 0.29) is 22.4 Å². The van der Waals surface area contributed by atoms with Crippen LogP contribution in [0.25, 0.3) is 10.8 Å². The van der Waals surface area contributed by atoms with Crippen LogP contribution in [0.2, 0.25) is 0 Å². The third kappa shape index (κ3) is 6.28. The van der Waals surface area contributed by atoms with Crippen LogP contribution >= 0.6 is 0 Å². The van der Waals surface area contributed by atoms with Gasteiger partial charge in [0.1, 0.15) is 6.61 Å². The largest absolute Gasteiger partial charge is 0.493 e. The van der Waals surface area contributed by atoms with Gasteiger partial charge < -0.3 is 19.1 Å². The average Bonchev–Trinajstić information content (AvgIpc) is 3.01. The lowest BCUT2D eigenvalue weighted by Gasteiger charge is -2.49. The van der Waals surface area contributed by atoms with Crippen LogP contribution in [-0.2, 0) is 27.4 Å². The summed E-state index contributed by atoms with van der Waals surface area (Å²) in [6.45, 7) is 14.1. The van der Waals surface area contributed by atoms with Crippen molar-refractivity contribution in [2.75, 3.05) is 27.4 Å². The molecule has 0 unspecified atom stereocenters. The number of nitrogens with zero attached hydrogens (tertiary/aromatic N) is 1. The van der Waals surface area contributed by atoms with Gasteiger partial charge in [-0.25, -0.2) is 0 Å². The minimum atomic E-state index is -0.476. The van der Waals surface area contributed by atoms with E-state index >= 15 is 0 Å². The van der Waals surface area contributed by atoms with Gasteiger partial charge in [0, 0.05) is 60.5 Å². The summed E-state index contributed by atoms with van der Waals surface area (Å²) in [4.78, 5) is 30.7. The molecule has 0 radical (unpaired) electrons. The fourth-order valence-corrected chi connectivity index (χ4v) is 7.87. The number of carbonyl (C=O) groups excluding carboxylic acids is 2. The SMILES string of the molecule is C=CCc1cc(C2C3=C(CC(C)(C)CC3=O)N(CCOC)C3=C2C(=O)CC(C)(C)C3)cc(OC)c1OCc1cccc2ccccc12. The third-order valence-electron chi connectivity index (χ3n) is 9.86. The van der Waals surface area contributed by atoms with Gasteiger partial charge in [0.15, 0.2) is 23.1 Å². The second-order valence-corrected chi connectivity index (χ2v) is 14.8. The Labute approximate surface area is 279 Å².